The van der Waals surface area contributed by atoms with Crippen LogP contribution >= 0.6 is 12.2 Å². The Morgan fingerprint density at radius 3 is 2.75 bits per heavy atom. The first kappa shape index (κ1) is 16.6. The largest absolute Gasteiger partial charge is 0.358 e. The average Bonchev–Trinajstić information content (AvgIpc) is 2.62. The molecule has 2 aromatic rings. The highest BCUT2D eigenvalue weighted by atomic mass is 32.1. The monoisotopic (exact) mass is 341 g/mol. The fourth-order valence-electron chi connectivity index (χ4n) is 2.75. The fraction of sp³-hybridized carbons (Fsp3) is 0.389. The van der Waals surface area contributed by atoms with Gasteiger partial charge in [-0.1, -0.05) is 13.0 Å². The number of hydrogen-bond donors (Lipinski definition) is 2. The van der Waals surface area contributed by atoms with Crippen LogP contribution in [-0.2, 0) is 6.54 Å². The second-order valence-corrected chi connectivity index (χ2v) is 6.65. The van der Waals surface area contributed by atoms with E-state index in [1.165, 1.54) is 12.8 Å². The van der Waals surface area contributed by atoms with Gasteiger partial charge in [0.05, 0.1) is 11.9 Å². The Hall–Kier alpha value is -2.21. The summed E-state index contributed by atoms with van der Waals surface area (Å²) in [6.07, 6.45) is 7.90. The first-order chi connectivity index (χ1) is 11.7. The molecule has 0 aromatic carbocycles. The van der Waals surface area contributed by atoms with Crippen molar-refractivity contribution in [2.75, 3.05) is 23.3 Å². The van der Waals surface area contributed by atoms with Crippen LogP contribution in [0, 0.1) is 5.92 Å². The average molecular weight is 341 g/mol. The van der Waals surface area contributed by atoms with E-state index < -0.39 is 0 Å². The molecule has 1 aliphatic rings. The third-order valence-corrected chi connectivity index (χ3v) is 4.54. The van der Waals surface area contributed by atoms with E-state index in [0.717, 1.165) is 36.1 Å². The minimum absolute atomic E-state index is 0.584. The Kier molecular flexibility index (Phi) is 5.59. The maximum absolute atomic E-state index is 5.33. The molecule has 0 amide bonds. The highest BCUT2D eigenvalue weighted by Gasteiger charge is 2.16. The Bertz CT molecular complexity index is 651. The van der Waals surface area contributed by atoms with Crippen molar-refractivity contribution in [1.29, 1.82) is 0 Å². The number of anilines is 2. The molecule has 24 heavy (non-hydrogen) atoms. The maximum Gasteiger partial charge on any atom is 0.171 e. The summed E-state index contributed by atoms with van der Waals surface area (Å²) in [5.74, 6) is 1.87. The molecule has 0 unspecified atom stereocenters. The van der Waals surface area contributed by atoms with Crippen molar-refractivity contribution in [3.8, 4) is 0 Å². The number of pyridine rings is 2. The van der Waals surface area contributed by atoms with Crippen LogP contribution in [0.25, 0.3) is 0 Å². The molecule has 0 saturated carbocycles. The molecule has 1 saturated heterocycles. The third-order valence-electron chi connectivity index (χ3n) is 4.29. The van der Waals surface area contributed by atoms with Crippen molar-refractivity contribution >= 4 is 28.8 Å². The lowest BCUT2D eigenvalue weighted by Gasteiger charge is -2.31. The molecule has 0 spiro atoms. The summed E-state index contributed by atoms with van der Waals surface area (Å²) in [5.41, 5.74) is 1.99. The van der Waals surface area contributed by atoms with E-state index in [1.807, 2.05) is 30.6 Å². The molecule has 2 aromatic heterocycles. The first-order valence-electron chi connectivity index (χ1n) is 8.35. The van der Waals surface area contributed by atoms with Gasteiger partial charge in [-0.15, -0.1) is 0 Å². The number of thiocarbonyl (C=S) groups is 1. The molecule has 2 N–H and O–H groups in total. The number of nitrogens with zero attached hydrogens (tertiary/aromatic N) is 3. The van der Waals surface area contributed by atoms with Crippen LogP contribution < -0.4 is 15.5 Å². The molecule has 126 valence electrons. The normalized spacial score (nSPS) is 15.1. The summed E-state index contributed by atoms with van der Waals surface area (Å²) < 4.78 is 0. The fourth-order valence-corrected chi connectivity index (χ4v) is 2.94. The van der Waals surface area contributed by atoms with Gasteiger partial charge in [0.15, 0.2) is 5.11 Å². The Balaban J connectivity index is 1.49. The molecule has 3 heterocycles. The van der Waals surface area contributed by atoms with Gasteiger partial charge >= 0.3 is 0 Å². The van der Waals surface area contributed by atoms with Gasteiger partial charge in [-0.2, -0.15) is 0 Å². The molecule has 0 radical (unpaired) electrons. The lowest BCUT2D eigenvalue weighted by atomic mass is 9.99. The van der Waals surface area contributed by atoms with Gasteiger partial charge in [-0.3, -0.25) is 4.98 Å². The standard InChI is InChI=1S/C18H23N5S/c1-14-6-9-23(10-7-14)17-5-4-16(13-20-17)22-18(24)21-12-15-3-2-8-19-11-15/h2-5,8,11,13-14H,6-7,9-10,12H2,1H3,(H2,21,22,24). The Morgan fingerprint density at radius 1 is 1.25 bits per heavy atom. The van der Waals surface area contributed by atoms with Crippen LogP contribution in [-0.4, -0.2) is 28.2 Å². The molecule has 0 aliphatic carbocycles. The first-order valence-corrected chi connectivity index (χ1v) is 8.76. The predicted octanol–water partition coefficient (Wildman–Crippen LogP) is 3.20. The van der Waals surface area contributed by atoms with Crippen molar-refractivity contribution in [2.24, 2.45) is 5.92 Å². The summed E-state index contributed by atoms with van der Waals surface area (Å²) in [5, 5.41) is 6.92. The van der Waals surface area contributed by atoms with Crippen LogP contribution in [0.15, 0.2) is 42.9 Å². The molecule has 1 fully saturated rings. The molecule has 6 heteroatoms. The van der Waals surface area contributed by atoms with Crippen LogP contribution in [0.2, 0.25) is 0 Å². The van der Waals surface area contributed by atoms with Crippen LogP contribution in [0.1, 0.15) is 25.3 Å². The number of piperidine rings is 1. The molecule has 1 aliphatic heterocycles. The molecule has 3 rings (SSSR count). The van der Waals surface area contributed by atoms with Gasteiger partial charge in [0.25, 0.3) is 0 Å². The van der Waals surface area contributed by atoms with Crippen LogP contribution in [0.5, 0.6) is 0 Å². The maximum atomic E-state index is 5.33. The SMILES string of the molecule is CC1CCN(c2ccc(NC(=S)NCc3cccnc3)cn2)CC1. The van der Waals surface area contributed by atoms with E-state index in [1.54, 1.807) is 6.20 Å². The van der Waals surface area contributed by atoms with Crippen molar-refractivity contribution in [1.82, 2.24) is 15.3 Å². The van der Waals surface area contributed by atoms with Gasteiger partial charge in [-0.05, 0) is 54.7 Å². The van der Waals surface area contributed by atoms with Gasteiger partial charge in [0.1, 0.15) is 5.82 Å². The highest BCUT2D eigenvalue weighted by Crippen LogP contribution is 2.22. The lowest BCUT2D eigenvalue weighted by Crippen LogP contribution is -2.33. The van der Waals surface area contributed by atoms with E-state index >= 15 is 0 Å². The molecular formula is C18H23N5S. The zero-order valence-electron chi connectivity index (χ0n) is 13.9. The van der Waals surface area contributed by atoms with Crippen molar-refractivity contribution < 1.29 is 0 Å². The van der Waals surface area contributed by atoms with E-state index in [4.69, 9.17) is 12.2 Å². The summed E-state index contributed by atoms with van der Waals surface area (Å²) in [6, 6.07) is 8.01. The van der Waals surface area contributed by atoms with E-state index in [9.17, 15) is 0 Å². The quantitative estimate of drug-likeness (QED) is 0.833. The van der Waals surface area contributed by atoms with E-state index in [2.05, 4.69) is 38.5 Å². The van der Waals surface area contributed by atoms with Crippen LogP contribution in [0.4, 0.5) is 11.5 Å². The topological polar surface area (TPSA) is 53.1 Å². The highest BCUT2D eigenvalue weighted by molar-refractivity contribution is 7.80. The van der Waals surface area contributed by atoms with Gasteiger partial charge in [0.2, 0.25) is 0 Å². The van der Waals surface area contributed by atoms with Gasteiger partial charge in [-0.25, -0.2) is 4.98 Å². The van der Waals surface area contributed by atoms with E-state index in [-0.39, 0.29) is 0 Å². The van der Waals surface area contributed by atoms with E-state index in [0.29, 0.717) is 11.7 Å². The lowest BCUT2D eigenvalue weighted by molar-refractivity contribution is 0.436. The van der Waals surface area contributed by atoms with Crippen molar-refractivity contribution in [3.05, 3.63) is 48.4 Å². The van der Waals surface area contributed by atoms with Gasteiger partial charge < -0.3 is 15.5 Å². The zero-order chi connectivity index (χ0) is 16.8. The minimum Gasteiger partial charge on any atom is -0.358 e. The molecular weight excluding hydrogens is 318 g/mol. The molecule has 0 bridgehead atoms. The Labute approximate surface area is 148 Å². The number of hydrogen-bond acceptors (Lipinski definition) is 4. The number of aromatic nitrogens is 2. The zero-order valence-corrected chi connectivity index (χ0v) is 14.7. The summed E-state index contributed by atoms with van der Waals surface area (Å²) in [6.45, 7) is 5.15. The Morgan fingerprint density at radius 2 is 2.08 bits per heavy atom. The van der Waals surface area contributed by atoms with Crippen LogP contribution in [0.3, 0.4) is 0 Å². The summed E-state index contributed by atoms with van der Waals surface area (Å²) >= 11 is 5.33. The van der Waals surface area contributed by atoms with Crippen molar-refractivity contribution in [2.45, 2.75) is 26.3 Å². The number of nitrogens with one attached hydrogen (secondary N) is 2. The number of rotatable bonds is 4. The van der Waals surface area contributed by atoms with Gasteiger partial charge in [0, 0.05) is 32.0 Å². The second kappa shape index (κ2) is 8.06. The molecule has 0 atom stereocenters. The minimum atomic E-state index is 0.584. The second-order valence-electron chi connectivity index (χ2n) is 6.24. The molecule has 5 nitrogen and oxygen atoms in total. The predicted molar refractivity (Wildman–Crippen MR) is 102 cm³/mol. The van der Waals surface area contributed by atoms with Crippen molar-refractivity contribution in [3.63, 3.8) is 0 Å². The smallest absolute Gasteiger partial charge is 0.171 e. The summed E-state index contributed by atoms with van der Waals surface area (Å²) in [4.78, 5) is 11.0. The summed E-state index contributed by atoms with van der Waals surface area (Å²) in [7, 11) is 0. The third kappa shape index (κ3) is 4.64.